The molecule has 8 nitrogen and oxygen atoms in total. The first kappa shape index (κ1) is 33.1. The van der Waals surface area contributed by atoms with Gasteiger partial charge in [0.25, 0.3) is 11.6 Å². The lowest BCUT2D eigenvalue weighted by atomic mass is 10.0. The number of halogens is 2. The Morgan fingerprint density at radius 2 is 1.41 bits per heavy atom. The molecule has 1 rings (SSSR count). The molecular weight excluding hydrogens is 519 g/mol. The number of carbonyl (C=O) groups excluding carboxylic acids is 2. The van der Waals surface area contributed by atoms with Crippen LogP contribution in [-0.4, -0.2) is 39.4 Å². The second-order valence-electron chi connectivity index (χ2n) is 9.38. The highest BCUT2D eigenvalue weighted by Gasteiger charge is 2.27. The highest BCUT2D eigenvalue weighted by Crippen LogP contribution is 2.22. The summed E-state index contributed by atoms with van der Waals surface area (Å²) in [6, 6.07) is 4.20. The van der Waals surface area contributed by atoms with Crippen LogP contribution in [0.15, 0.2) is 24.3 Å². The van der Waals surface area contributed by atoms with Crippen LogP contribution in [0.25, 0.3) is 0 Å². The summed E-state index contributed by atoms with van der Waals surface area (Å²) in [4.78, 5) is 33.1. The molecule has 10 heteroatoms. The standard InChI is InChI=1S/C27H42Cl2N2O6/c1-2-3-4-5-6-7-8-9-10-11-12-13-14-15-24(32)37-20-23(30-27(34)26(28)29)25(33)21-16-18-22(19-17-21)31(35)36/h16-19,23,25-26,33H,2-15,20H2,1H3,(H,30,34)/t23-,25-/m1/s1. The molecular formula is C27H42Cl2N2O6. The summed E-state index contributed by atoms with van der Waals surface area (Å²) in [5.74, 6) is -1.17. The number of aliphatic hydroxyl groups excluding tert-OH is 1. The quantitative estimate of drug-likeness (QED) is 0.0552. The van der Waals surface area contributed by atoms with E-state index in [0.29, 0.717) is 12.0 Å². The Kier molecular flexibility index (Phi) is 18.0. The molecule has 0 aliphatic carbocycles. The fourth-order valence-electron chi connectivity index (χ4n) is 4.02. The number of hydrogen-bond donors (Lipinski definition) is 2. The molecule has 2 N–H and O–H groups in total. The zero-order chi connectivity index (χ0) is 27.5. The van der Waals surface area contributed by atoms with Gasteiger partial charge in [-0.25, -0.2) is 0 Å². The molecule has 0 saturated carbocycles. The monoisotopic (exact) mass is 560 g/mol. The second-order valence-corrected chi connectivity index (χ2v) is 10.5. The van der Waals surface area contributed by atoms with E-state index in [4.69, 9.17) is 27.9 Å². The number of alkyl halides is 2. The molecule has 0 spiro atoms. The number of unbranched alkanes of at least 4 members (excludes halogenated alkanes) is 12. The number of nitro groups is 1. The normalized spacial score (nSPS) is 12.8. The Labute approximate surface area is 230 Å². The van der Waals surface area contributed by atoms with Crippen LogP contribution >= 0.6 is 23.2 Å². The van der Waals surface area contributed by atoms with Gasteiger partial charge in [0.15, 0.2) is 4.84 Å². The maximum Gasteiger partial charge on any atom is 0.305 e. The lowest BCUT2D eigenvalue weighted by Crippen LogP contribution is -2.45. The maximum absolute atomic E-state index is 12.2. The summed E-state index contributed by atoms with van der Waals surface area (Å²) in [6.07, 6.45) is 14.7. The van der Waals surface area contributed by atoms with Crippen LogP contribution in [0.1, 0.15) is 108 Å². The second kappa shape index (κ2) is 20.1. The van der Waals surface area contributed by atoms with Gasteiger partial charge in [-0.15, -0.1) is 0 Å². The van der Waals surface area contributed by atoms with Gasteiger partial charge in [-0.1, -0.05) is 107 Å². The van der Waals surface area contributed by atoms with Crippen molar-refractivity contribution in [3.8, 4) is 0 Å². The summed E-state index contributed by atoms with van der Waals surface area (Å²) >= 11 is 11.2. The van der Waals surface area contributed by atoms with Crippen molar-refractivity contribution in [2.75, 3.05) is 6.61 Å². The average molecular weight is 562 g/mol. The number of nitrogens with one attached hydrogen (secondary N) is 1. The van der Waals surface area contributed by atoms with Crippen LogP contribution in [0.4, 0.5) is 5.69 Å². The summed E-state index contributed by atoms with van der Waals surface area (Å²) < 4.78 is 5.29. The van der Waals surface area contributed by atoms with Crippen LogP contribution in [0, 0.1) is 10.1 Å². The fourth-order valence-corrected chi connectivity index (χ4v) is 4.15. The zero-order valence-corrected chi connectivity index (χ0v) is 23.4. The number of carbonyl (C=O) groups is 2. The number of nitrogens with zero attached hydrogens (tertiary/aromatic N) is 1. The number of amides is 1. The third-order valence-electron chi connectivity index (χ3n) is 6.26. The van der Waals surface area contributed by atoms with Gasteiger partial charge in [-0.3, -0.25) is 19.7 Å². The maximum atomic E-state index is 12.2. The number of non-ortho nitro benzene ring substituents is 1. The Hall–Kier alpha value is -1.90. The van der Waals surface area contributed by atoms with Crippen LogP contribution in [0.5, 0.6) is 0 Å². The van der Waals surface area contributed by atoms with Crippen molar-refractivity contribution in [2.24, 2.45) is 0 Å². The van der Waals surface area contributed by atoms with Crippen LogP contribution in [0.2, 0.25) is 0 Å². The minimum absolute atomic E-state index is 0.137. The number of benzene rings is 1. The van der Waals surface area contributed by atoms with Gasteiger partial charge in [0, 0.05) is 18.6 Å². The molecule has 0 aliphatic rings. The molecule has 0 heterocycles. The van der Waals surface area contributed by atoms with Crippen molar-refractivity contribution in [3.05, 3.63) is 39.9 Å². The van der Waals surface area contributed by atoms with E-state index in [-0.39, 0.29) is 18.7 Å². The van der Waals surface area contributed by atoms with Gasteiger partial charge < -0.3 is 15.2 Å². The van der Waals surface area contributed by atoms with E-state index in [1.807, 2.05) is 0 Å². The first-order chi connectivity index (χ1) is 17.8. The van der Waals surface area contributed by atoms with Crippen molar-refractivity contribution in [1.82, 2.24) is 5.32 Å². The predicted octanol–water partition coefficient (Wildman–Crippen LogP) is 6.94. The molecule has 0 fully saturated rings. The minimum atomic E-state index is -1.37. The molecule has 0 aromatic heterocycles. The number of ether oxygens (including phenoxy) is 1. The minimum Gasteiger partial charge on any atom is -0.463 e. The zero-order valence-electron chi connectivity index (χ0n) is 21.8. The van der Waals surface area contributed by atoms with Gasteiger partial charge in [0.2, 0.25) is 0 Å². The lowest BCUT2D eigenvalue weighted by molar-refractivity contribution is -0.384. The third kappa shape index (κ3) is 15.2. The van der Waals surface area contributed by atoms with E-state index < -0.39 is 33.8 Å². The largest absolute Gasteiger partial charge is 0.463 e. The molecule has 2 atom stereocenters. The fraction of sp³-hybridized carbons (Fsp3) is 0.704. The molecule has 37 heavy (non-hydrogen) atoms. The van der Waals surface area contributed by atoms with Crippen molar-refractivity contribution >= 4 is 40.8 Å². The number of hydrogen-bond acceptors (Lipinski definition) is 6. The highest BCUT2D eigenvalue weighted by atomic mass is 35.5. The van der Waals surface area contributed by atoms with E-state index in [9.17, 15) is 24.8 Å². The van der Waals surface area contributed by atoms with Crippen molar-refractivity contribution in [2.45, 2.75) is 114 Å². The van der Waals surface area contributed by atoms with Crippen LogP contribution in [-0.2, 0) is 14.3 Å². The summed E-state index contributed by atoms with van der Waals surface area (Å²) in [5.41, 5.74) is 0.173. The van der Waals surface area contributed by atoms with Gasteiger partial charge in [0.05, 0.1) is 11.0 Å². The van der Waals surface area contributed by atoms with Crippen molar-refractivity contribution in [3.63, 3.8) is 0 Å². The van der Waals surface area contributed by atoms with Gasteiger partial charge >= 0.3 is 5.97 Å². The Morgan fingerprint density at radius 1 is 0.919 bits per heavy atom. The van der Waals surface area contributed by atoms with E-state index in [1.54, 1.807) is 0 Å². The summed E-state index contributed by atoms with van der Waals surface area (Å²) in [7, 11) is 0. The lowest BCUT2D eigenvalue weighted by Gasteiger charge is -2.24. The first-order valence-corrected chi connectivity index (χ1v) is 14.3. The molecule has 1 amide bonds. The summed E-state index contributed by atoms with van der Waals surface area (Å²) in [6.45, 7) is 1.94. The van der Waals surface area contributed by atoms with E-state index in [0.717, 1.165) is 12.8 Å². The summed E-state index contributed by atoms with van der Waals surface area (Å²) in [5, 5.41) is 24.0. The van der Waals surface area contributed by atoms with Crippen molar-refractivity contribution < 1.29 is 24.4 Å². The first-order valence-electron chi connectivity index (χ1n) is 13.4. The molecule has 210 valence electrons. The van der Waals surface area contributed by atoms with Gasteiger partial charge in [-0.05, 0) is 24.1 Å². The van der Waals surface area contributed by atoms with E-state index in [2.05, 4.69) is 12.2 Å². The van der Waals surface area contributed by atoms with Crippen molar-refractivity contribution in [1.29, 1.82) is 0 Å². The van der Waals surface area contributed by atoms with E-state index >= 15 is 0 Å². The third-order valence-corrected chi connectivity index (χ3v) is 6.66. The number of rotatable bonds is 21. The molecule has 0 saturated heterocycles. The molecule has 0 radical (unpaired) electrons. The van der Waals surface area contributed by atoms with E-state index in [1.165, 1.54) is 88.5 Å². The molecule has 0 aliphatic heterocycles. The van der Waals surface area contributed by atoms with Crippen LogP contribution in [0.3, 0.4) is 0 Å². The predicted molar refractivity (Wildman–Crippen MR) is 147 cm³/mol. The highest BCUT2D eigenvalue weighted by molar-refractivity contribution is 6.53. The Morgan fingerprint density at radius 3 is 1.86 bits per heavy atom. The molecule has 0 unspecified atom stereocenters. The number of nitro benzene ring substituents is 1. The molecule has 0 bridgehead atoms. The van der Waals surface area contributed by atoms with Gasteiger partial charge in [0.1, 0.15) is 12.7 Å². The Bertz CT molecular complexity index is 792. The average Bonchev–Trinajstić information content (AvgIpc) is 2.88. The van der Waals surface area contributed by atoms with Crippen LogP contribution < -0.4 is 5.32 Å². The topological polar surface area (TPSA) is 119 Å². The SMILES string of the molecule is CCCCCCCCCCCCCCCC(=O)OC[C@@H](NC(=O)C(Cl)Cl)[C@H](O)c1ccc([N+](=O)[O-])cc1. The molecule has 1 aromatic carbocycles. The van der Waals surface area contributed by atoms with Gasteiger partial charge in [-0.2, -0.15) is 0 Å². The Balaban J connectivity index is 2.32. The number of aliphatic hydroxyl groups is 1. The molecule has 1 aromatic rings. The smallest absolute Gasteiger partial charge is 0.305 e. The number of esters is 1.